The largest absolute Gasteiger partial charge is 0.271 e. The third-order valence-electron chi connectivity index (χ3n) is 3.49. The summed E-state index contributed by atoms with van der Waals surface area (Å²) in [6.45, 7) is 7.11. The molecule has 2 aromatic rings. The molecule has 0 bridgehead atoms. The minimum absolute atomic E-state index is 0.289. The second-order valence-corrected chi connectivity index (χ2v) is 5.50. The van der Waals surface area contributed by atoms with Crippen LogP contribution >= 0.6 is 0 Å². The smallest absolute Gasteiger partial charge is 0.267 e. The summed E-state index contributed by atoms with van der Waals surface area (Å²) in [5, 5.41) is 7.88. The van der Waals surface area contributed by atoms with Crippen molar-refractivity contribution in [2.45, 2.75) is 0 Å². The molecule has 0 radical (unpaired) electrons. The lowest BCUT2D eigenvalue weighted by Gasteiger charge is -2.00. The lowest BCUT2D eigenvalue weighted by Crippen LogP contribution is -2.18. The quantitative estimate of drug-likeness (QED) is 0.323. The van der Waals surface area contributed by atoms with Crippen LogP contribution in [0, 0.1) is 0 Å². The van der Waals surface area contributed by atoms with Crippen LogP contribution < -0.4 is 10.9 Å². The van der Waals surface area contributed by atoms with Gasteiger partial charge in [-0.3, -0.25) is 9.59 Å². The number of hydrazone groups is 2. The molecule has 0 atom stereocenters. The highest BCUT2D eigenvalue weighted by atomic mass is 16.2. The first-order chi connectivity index (χ1) is 13.6. The second-order valence-electron chi connectivity index (χ2n) is 5.50. The molecular weight excluding hydrogens is 352 g/mol. The summed E-state index contributed by atoms with van der Waals surface area (Å²) in [6.07, 6.45) is 7.50. The SMILES string of the molecule is C=C/C=C(\C=C)C(=O)N/N=C/c1cccc(/C=N/NC(=O)c2ccccc2)c1. The average molecular weight is 372 g/mol. The summed E-state index contributed by atoms with van der Waals surface area (Å²) in [5.41, 5.74) is 7.30. The molecule has 0 heterocycles. The maximum absolute atomic E-state index is 11.9. The van der Waals surface area contributed by atoms with Crippen molar-refractivity contribution >= 4 is 24.2 Å². The second kappa shape index (κ2) is 10.8. The highest BCUT2D eigenvalue weighted by Gasteiger charge is 2.03. The van der Waals surface area contributed by atoms with E-state index in [0.717, 1.165) is 11.1 Å². The van der Waals surface area contributed by atoms with Crippen LogP contribution in [0.15, 0.2) is 102 Å². The van der Waals surface area contributed by atoms with E-state index in [4.69, 9.17) is 0 Å². The number of hydrogen-bond acceptors (Lipinski definition) is 4. The van der Waals surface area contributed by atoms with Crippen LogP contribution in [-0.4, -0.2) is 24.2 Å². The average Bonchev–Trinajstić information content (AvgIpc) is 2.72. The summed E-state index contributed by atoms with van der Waals surface area (Å²) in [5.74, 6) is -0.671. The third kappa shape index (κ3) is 6.34. The van der Waals surface area contributed by atoms with E-state index in [9.17, 15) is 9.59 Å². The maximum atomic E-state index is 11.9. The van der Waals surface area contributed by atoms with Crippen molar-refractivity contribution in [2.75, 3.05) is 0 Å². The van der Waals surface area contributed by atoms with Gasteiger partial charge in [0.15, 0.2) is 0 Å². The van der Waals surface area contributed by atoms with E-state index in [-0.39, 0.29) is 11.8 Å². The van der Waals surface area contributed by atoms with Gasteiger partial charge >= 0.3 is 0 Å². The molecule has 0 aliphatic carbocycles. The molecule has 0 aliphatic heterocycles. The van der Waals surface area contributed by atoms with E-state index < -0.39 is 0 Å². The van der Waals surface area contributed by atoms with E-state index in [1.54, 1.807) is 30.3 Å². The molecule has 2 aromatic carbocycles. The molecule has 0 unspecified atom stereocenters. The molecule has 2 amide bonds. The fourth-order valence-corrected chi connectivity index (χ4v) is 2.13. The van der Waals surface area contributed by atoms with E-state index in [0.29, 0.717) is 11.1 Å². The predicted octanol–water partition coefficient (Wildman–Crippen LogP) is 3.20. The Morgan fingerprint density at radius 3 is 2.11 bits per heavy atom. The Morgan fingerprint density at radius 1 is 0.857 bits per heavy atom. The van der Waals surface area contributed by atoms with E-state index in [2.05, 4.69) is 34.2 Å². The van der Waals surface area contributed by atoms with Crippen LogP contribution in [0.4, 0.5) is 0 Å². The Kier molecular flexibility index (Phi) is 7.83. The Morgan fingerprint density at radius 2 is 1.50 bits per heavy atom. The third-order valence-corrected chi connectivity index (χ3v) is 3.49. The van der Waals surface area contributed by atoms with Crippen molar-refractivity contribution in [3.05, 3.63) is 108 Å². The van der Waals surface area contributed by atoms with Crippen molar-refractivity contribution in [1.82, 2.24) is 10.9 Å². The Balaban J connectivity index is 1.95. The van der Waals surface area contributed by atoms with E-state index in [1.165, 1.54) is 24.6 Å². The van der Waals surface area contributed by atoms with Crippen LogP contribution in [0.1, 0.15) is 21.5 Å². The molecule has 0 aromatic heterocycles. The van der Waals surface area contributed by atoms with Gasteiger partial charge in [0, 0.05) is 11.1 Å². The van der Waals surface area contributed by atoms with Gasteiger partial charge in [-0.1, -0.05) is 67.8 Å². The zero-order valence-corrected chi connectivity index (χ0v) is 15.2. The van der Waals surface area contributed by atoms with Gasteiger partial charge in [0.05, 0.1) is 12.4 Å². The molecule has 0 fully saturated rings. The van der Waals surface area contributed by atoms with Gasteiger partial charge in [-0.2, -0.15) is 10.2 Å². The first kappa shape index (κ1) is 20.3. The van der Waals surface area contributed by atoms with Gasteiger partial charge in [0.1, 0.15) is 0 Å². The molecule has 2 rings (SSSR count). The normalized spacial score (nSPS) is 11.4. The molecule has 0 aliphatic rings. The molecular formula is C22H20N4O2. The molecule has 0 saturated carbocycles. The van der Waals surface area contributed by atoms with Gasteiger partial charge in [-0.25, -0.2) is 10.9 Å². The maximum Gasteiger partial charge on any atom is 0.271 e. The fraction of sp³-hybridized carbons (Fsp3) is 0. The lowest BCUT2D eigenvalue weighted by atomic mass is 10.1. The first-order valence-electron chi connectivity index (χ1n) is 8.41. The van der Waals surface area contributed by atoms with Crippen LogP contribution in [0.3, 0.4) is 0 Å². The molecule has 140 valence electrons. The number of amides is 2. The van der Waals surface area contributed by atoms with E-state index >= 15 is 0 Å². The van der Waals surface area contributed by atoms with E-state index in [1.807, 2.05) is 30.3 Å². The van der Waals surface area contributed by atoms with Crippen LogP contribution in [-0.2, 0) is 4.79 Å². The minimum atomic E-state index is -0.382. The van der Waals surface area contributed by atoms with Crippen molar-refractivity contribution in [3.63, 3.8) is 0 Å². The first-order valence-corrected chi connectivity index (χ1v) is 8.41. The van der Waals surface area contributed by atoms with Gasteiger partial charge < -0.3 is 0 Å². The number of carbonyl (C=O) groups excluding carboxylic acids is 2. The summed E-state index contributed by atoms with van der Waals surface area (Å²) < 4.78 is 0. The number of benzene rings is 2. The number of allylic oxidation sites excluding steroid dienone is 2. The molecule has 6 heteroatoms. The van der Waals surface area contributed by atoms with Crippen molar-refractivity contribution < 1.29 is 9.59 Å². The molecule has 0 saturated heterocycles. The van der Waals surface area contributed by atoms with Gasteiger partial charge in [0.25, 0.3) is 11.8 Å². The Hall–Kier alpha value is -4.06. The summed E-state index contributed by atoms with van der Waals surface area (Å²) in [7, 11) is 0. The van der Waals surface area contributed by atoms with Crippen LogP contribution in [0.5, 0.6) is 0 Å². The fourth-order valence-electron chi connectivity index (χ4n) is 2.13. The summed E-state index contributed by atoms with van der Waals surface area (Å²) in [6, 6.07) is 16.1. The Labute approximate surface area is 163 Å². The summed E-state index contributed by atoms with van der Waals surface area (Å²) in [4.78, 5) is 23.8. The number of rotatable bonds is 8. The molecule has 28 heavy (non-hydrogen) atoms. The van der Waals surface area contributed by atoms with Crippen molar-refractivity contribution in [3.8, 4) is 0 Å². The molecule has 0 spiro atoms. The number of nitrogens with one attached hydrogen (secondary N) is 2. The van der Waals surface area contributed by atoms with Crippen molar-refractivity contribution in [2.24, 2.45) is 10.2 Å². The minimum Gasteiger partial charge on any atom is -0.267 e. The number of carbonyl (C=O) groups is 2. The zero-order chi connectivity index (χ0) is 20.2. The Bertz CT molecular complexity index is 944. The number of hydrogen-bond donors (Lipinski definition) is 2. The van der Waals surface area contributed by atoms with Gasteiger partial charge in [-0.05, 0) is 29.3 Å². The van der Waals surface area contributed by atoms with Crippen molar-refractivity contribution in [1.29, 1.82) is 0 Å². The number of nitrogens with zero attached hydrogens (tertiary/aromatic N) is 2. The van der Waals surface area contributed by atoms with Gasteiger partial charge in [0.2, 0.25) is 0 Å². The standard InChI is InChI=1S/C22H20N4O2/c1-3-9-19(4-2)21(27)25-23-15-17-10-8-11-18(14-17)16-24-26-22(28)20-12-6-5-7-13-20/h3-16H,1-2H2,(H,25,27)(H,26,28)/b19-9+,23-15+,24-16+. The van der Waals surface area contributed by atoms with Crippen LogP contribution in [0.25, 0.3) is 0 Å². The monoisotopic (exact) mass is 372 g/mol. The molecule has 6 nitrogen and oxygen atoms in total. The summed E-state index contributed by atoms with van der Waals surface area (Å²) >= 11 is 0. The zero-order valence-electron chi connectivity index (χ0n) is 15.2. The topological polar surface area (TPSA) is 82.9 Å². The van der Waals surface area contributed by atoms with Gasteiger partial charge in [-0.15, -0.1) is 0 Å². The highest BCUT2D eigenvalue weighted by Crippen LogP contribution is 2.02. The van der Waals surface area contributed by atoms with Crippen LogP contribution in [0.2, 0.25) is 0 Å². The molecule has 2 N–H and O–H groups in total. The predicted molar refractivity (Wildman–Crippen MR) is 112 cm³/mol. The lowest BCUT2D eigenvalue weighted by molar-refractivity contribution is -0.117. The highest BCUT2D eigenvalue weighted by molar-refractivity contribution is 5.97.